The SMILES string of the molecule is Cc1ccc(CN2C(=O)C3C(N=C4N(c5cccc(Cl)c5)CCN43)N(C)C2=O)cc1. The van der Waals surface area contributed by atoms with Crippen LogP contribution in [0.2, 0.25) is 5.02 Å². The van der Waals surface area contributed by atoms with Gasteiger partial charge in [-0.1, -0.05) is 47.5 Å². The molecule has 0 bridgehead atoms. The molecule has 2 unspecified atom stereocenters. The van der Waals surface area contributed by atoms with Crippen molar-refractivity contribution < 1.29 is 9.59 Å². The topological polar surface area (TPSA) is 59.5 Å². The number of likely N-dealkylation sites (N-methyl/N-ethyl adjacent to an activating group) is 1. The number of guanidine groups is 1. The second kappa shape index (κ2) is 7.02. The molecule has 154 valence electrons. The maximum atomic E-state index is 13.4. The molecule has 2 aromatic rings. The first-order valence-electron chi connectivity index (χ1n) is 9.95. The molecule has 5 rings (SSSR count). The number of hydrogen-bond acceptors (Lipinski definition) is 5. The van der Waals surface area contributed by atoms with Crippen molar-refractivity contribution in [1.82, 2.24) is 14.7 Å². The summed E-state index contributed by atoms with van der Waals surface area (Å²) in [5, 5.41) is 0.648. The molecule has 0 aliphatic carbocycles. The Bertz CT molecular complexity index is 1050. The van der Waals surface area contributed by atoms with E-state index in [1.54, 1.807) is 11.9 Å². The minimum atomic E-state index is -0.517. The number of urea groups is 1. The fourth-order valence-corrected chi connectivity index (χ4v) is 4.53. The van der Waals surface area contributed by atoms with E-state index >= 15 is 0 Å². The van der Waals surface area contributed by atoms with Crippen LogP contribution in [-0.4, -0.2) is 64.9 Å². The molecule has 2 atom stereocenters. The van der Waals surface area contributed by atoms with Gasteiger partial charge in [0.1, 0.15) is 0 Å². The van der Waals surface area contributed by atoms with Crippen molar-refractivity contribution in [2.45, 2.75) is 25.7 Å². The summed E-state index contributed by atoms with van der Waals surface area (Å²) in [6, 6.07) is 14.6. The number of fused-ring (bicyclic) bond motifs is 3. The standard InChI is InChI=1S/C22H22ClN5O2/c1-14-6-8-15(9-7-14)13-28-20(29)18-19(25(2)22(28)30)24-21-26(10-11-27(18)21)17-5-3-4-16(23)12-17/h3-9,12,18-19H,10-11,13H2,1-2H3. The first-order valence-corrected chi connectivity index (χ1v) is 10.3. The average molecular weight is 424 g/mol. The lowest BCUT2D eigenvalue weighted by atomic mass is 10.1. The first-order chi connectivity index (χ1) is 14.4. The fraction of sp³-hybridized carbons (Fsp3) is 0.318. The summed E-state index contributed by atoms with van der Waals surface area (Å²) in [5.41, 5.74) is 3.00. The van der Waals surface area contributed by atoms with Crippen LogP contribution in [0.3, 0.4) is 0 Å². The highest BCUT2D eigenvalue weighted by Gasteiger charge is 2.54. The van der Waals surface area contributed by atoms with E-state index in [2.05, 4.69) is 4.90 Å². The molecule has 0 aromatic heterocycles. The van der Waals surface area contributed by atoms with E-state index < -0.39 is 12.2 Å². The lowest BCUT2D eigenvalue weighted by Crippen LogP contribution is -2.64. The molecule has 3 aliphatic rings. The molecule has 3 amide bonds. The Labute approximate surface area is 180 Å². The third kappa shape index (κ3) is 2.92. The Morgan fingerprint density at radius 2 is 1.87 bits per heavy atom. The molecule has 2 fully saturated rings. The second-order valence-corrected chi connectivity index (χ2v) is 8.35. The van der Waals surface area contributed by atoms with Crippen LogP contribution in [0.4, 0.5) is 10.5 Å². The van der Waals surface area contributed by atoms with E-state index in [0.29, 0.717) is 18.1 Å². The number of nitrogens with zero attached hydrogens (tertiary/aromatic N) is 5. The van der Waals surface area contributed by atoms with Gasteiger partial charge in [-0.05, 0) is 30.7 Å². The van der Waals surface area contributed by atoms with Crippen molar-refractivity contribution in [3.8, 4) is 0 Å². The summed E-state index contributed by atoms with van der Waals surface area (Å²) in [6.07, 6.45) is -0.517. The molecule has 8 heteroatoms. The summed E-state index contributed by atoms with van der Waals surface area (Å²) in [5.74, 6) is 0.521. The average Bonchev–Trinajstić information content (AvgIpc) is 3.30. The Morgan fingerprint density at radius 3 is 2.60 bits per heavy atom. The second-order valence-electron chi connectivity index (χ2n) is 7.92. The molecular weight excluding hydrogens is 402 g/mol. The van der Waals surface area contributed by atoms with Gasteiger partial charge in [0.2, 0.25) is 5.96 Å². The minimum Gasteiger partial charge on any atom is -0.325 e. The normalized spacial score (nSPS) is 23.1. The number of imide groups is 1. The van der Waals surface area contributed by atoms with Gasteiger partial charge in [-0.2, -0.15) is 0 Å². The summed E-state index contributed by atoms with van der Waals surface area (Å²) < 4.78 is 0. The molecule has 7 nitrogen and oxygen atoms in total. The number of carbonyl (C=O) groups excluding carboxylic acids is 2. The van der Waals surface area contributed by atoms with Crippen LogP contribution in [0.15, 0.2) is 53.5 Å². The summed E-state index contributed by atoms with van der Waals surface area (Å²) in [7, 11) is 1.71. The van der Waals surface area contributed by atoms with Gasteiger partial charge in [0.05, 0.1) is 6.54 Å². The molecule has 3 aliphatic heterocycles. The highest BCUT2D eigenvalue weighted by molar-refractivity contribution is 6.31. The van der Waals surface area contributed by atoms with Crippen molar-refractivity contribution in [2.75, 3.05) is 25.0 Å². The van der Waals surface area contributed by atoms with Crippen LogP contribution in [0, 0.1) is 6.92 Å². The number of hydrogen-bond donors (Lipinski definition) is 0. The van der Waals surface area contributed by atoms with Crippen LogP contribution in [0.25, 0.3) is 0 Å². The van der Waals surface area contributed by atoms with Gasteiger partial charge in [0.25, 0.3) is 5.91 Å². The minimum absolute atomic E-state index is 0.199. The van der Waals surface area contributed by atoms with E-state index in [4.69, 9.17) is 16.6 Å². The van der Waals surface area contributed by atoms with E-state index in [9.17, 15) is 9.59 Å². The predicted octanol–water partition coefficient (Wildman–Crippen LogP) is 2.93. The molecule has 2 aromatic carbocycles. The first kappa shape index (κ1) is 18.9. The summed E-state index contributed by atoms with van der Waals surface area (Å²) in [4.78, 5) is 38.1. The van der Waals surface area contributed by atoms with Crippen molar-refractivity contribution in [3.05, 3.63) is 64.7 Å². The van der Waals surface area contributed by atoms with Crippen LogP contribution >= 0.6 is 11.6 Å². The fourth-order valence-electron chi connectivity index (χ4n) is 4.35. The zero-order valence-corrected chi connectivity index (χ0v) is 17.6. The molecule has 0 N–H and O–H groups in total. The molecule has 0 spiro atoms. The third-order valence-corrected chi connectivity index (χ3v) is 6.19. The smallest absolute Gasteiger partial charge is 0.325 e. The summed E-state index contributed by atoms with van der Waals surface area (Å²) >= 11 is 6.17. The van der Waals surface area contributed by atoms with Crippen molar-refractivity contribution >= 4 is 35.2 Å². The zero-order valence-electron chi connectivity index (χ0n) is 16.8. The highest BCUT2D eigenvalue weighted by atomic mass is 35.5. The van der Waals surface area contributed by atoms with Gasteiger partial charge in [-0.15, -0.1) is 0 Å². The number of halogens is 1. The van der Waals surface area contributed by atoms with E-state index in [0.717, 1.165) is 22.8 Å². The van der Waals surface area contributed by atoms with Gasteiger partial charge in [-0.25, -0.2) is 9.79 Å². The Balaban J connectivity index is 1.43. The number of rotatable bonds is 3. The number of carbonyl (C=O) groups is 2. The number of amides is 3. The van der Waals surface area contributed by atoms with Crippen LogP contribution in [0.5, 0.6) is 0 Å². The van der Waals surface area contributed by atoms with Gasteiger partial charge >= 0.3 is 6.03 Å². The number of anilines is 1. The molecule has 2 saturated heterocycles. The number of aryl methyl sites for hydroxylation is 1. The summed E-state index contributed by atoms with van der Waals surface area (Å²) in [6.45, 7) is 3.65. The monoisotopic (exact) mass is 423 g/mol. The van der Waals surface area contributed by atoms with Crippen molar-refractivity contribution in [1.29, 1.82) is 0 Å². The molecule has 30 heavy (non-hydrogen) atoms. The quantitative estimate of drug-likeness (QED) is 0.761. The predicted molar refractivity (Wildman–Crippen MR) is 115 cm³/mol. The number of aliphatic imine (C=N–C) groups is 1. The number of benzene rings is 2. The van der Waals surface area contributed by atoms with Crippen molar-refractivity contribution in [2.24, 2.45) is 4.99 Å². The highest BCUT2D eigenvalue weighted by Crippen LogP contribution is 2.34. The lowest BCUT2D eigenvalue weighted by Gasteiger charge is -2.40. The molecule has 3 heterocycles. The van der Waals surface area contributed by atoms with Gasteiger partial charge in [0, 0.05) is 30.8 Å². The molecule has 0 radical (unpaired) electrons. The van der Waals surface area contributed by atoms with Gasteiger partial charge in [-0.3, -0.25) is 9.69 Å². The van der Waals surface area contributed by atoms with Gasteiger partial charge < -0.3 is 14.7 Å². The van der Waals surface area contributed by atoms with Crippen LogP contribution in [-0.2, 0) is 11.3 Å². The Hall–Kier alpha value is -3.06. The zero-order chi connectivity index (χ0) is 21.0. The van der Waals surface area contributed by atoms with Gasteiger partial charge in [0.15, 0.2) is 12.2 Å². The van der Waals surface area contributed by atoms with E-state index in [1.807, 2.05) is 60.4 Å². The Morgan fingerprint density at radius 1 is 1.10 bits per heavy atom. The van der Waals surface area contributed by atoms with Crippen molar-refractivity contribution in [3.63, 3.8) is 0 Å². The largest absolute Gasteiger partial charge is 0.328 e. The van der Waals surface area contributed by atoms with Crippen LogP contribution in [0.1, 0.15) is 11.1 Å². The third-order valence-electron chi connectivity index (χ3n) is 5.96. The lowest BCUT2D eigenvalue weighted by molar-refractivity contribution is -0.137. The maximum absolute atomic E-state index is 13.4. The van der Waals surface area contributed by atoms with E-state index in [1.165, 1.54) is 4.90 Å². The molecular formula is C22H22ClN5O2. The molecule has 0 saturated carbocycles. The van der Waals surface area contributed by atoms with Crippen LogP contribution < -0.4 is 4.90 Å². The maximum Gasteiger partial charge on any atom is 0.328 e. The van der Waals surface area contributed by atoms with E-state index in [-0.39, 0.29) is 18.5 Å². The Kier molecular flexibility index (Phi) is 4.43.